The molecule has 2 aliphatic heterocycles. The standard InChI is InChI=1S/C21H30FN5O2/c1-24-10-12-25(13-11-24)17-7-9-26(15-16(17)5-4-14-28)21(29)19-20(22)27-8-3-2-6-18(27)23-19/h2-3,6,8,16-17,28H,4-5,7,9-15H2,1H3/t16-,17+/m1/s1. The molecule has 1 amide bonds. The summed E-state index contributed by atoms with van der Waals surface area (Å²) in [5.41, 5.74) is 0.340. The molecule has 4 heterocycles. The lowest BCUT2D eigenvalue weighted by Gasteiger charge is -2.46. The number of halogens is 1. The molecule has 0 aromatic carbocycles. The third-order valence-corrected chi connectivity index (χ3v) is 6.40. The summed E-state index contributed by atoms with van der Waals surface area (Å²) in [4.78, 5) is 23.9. The van der Waals surface area contributed by atoms with Crippen LogP contribution in [-0.4, -0.2) is 94.1 Å². The molecule has 0 unspecified atom stereocenters. The summed E-state index contributed by atoms with van der Waals surface area (Å²) < 4.78 is 16.1. The largest absolute Gasteiger partial charge is 0.396 e. The number of aliphatic hydroxyl groups excluding tert-OH is 1. The van der Waals surface area contributed by atoms with Gasteiger partial charge in [-0.1, -0.05) is 6.07 Å². The fourth-order valence-electron chi connectivity index (χ4n) is 4.73. The lowest BCUT2D eigenvalue weighted by Crippen LogP contribution is -2.57. The predicted molar refractivity (Wildman–Crippen MR) is 108 cm³/mol. The van der Waals surface area contributed by atoms with Crippen LogP contribution in [0.4, 0.5) is 4.39 Å². The first-order valence-electron chi connectivity index (χ1n) is 10.5. The molecule has 2 aromatic rings. The molecule has 1 N–H and O–H groups in total. The number of aliphatic hydroxyl groups is 1. The molecule has 2 atom stereocenters. The lowest BCUT2D eigenvalue weighted by atomic mass is 9.86. The number of carbonyl (C=O) groups is 1. The third-order valence-electron chi connectivity index (χ3n) is 6.40. The predicted octanol–water partition coefficient (Wildman–Crippen LogP) is 1.32. The summed E-state index contributed by atoms with van der Waals surface area (Å²) >= 11 is 0. The van der Waals surface area contributed by atoms with Crippen LogP contribution in [0.1, 0.15) is 29.8 Å². The topological polar surface area (TPSA) is 64.3 Å². The van der Waals surface area contributed by atoms with E-state index >= 15 is 0 Å². The number of hydrogen-bond acceptors (Lipinski definition) is 5. The highest BCUT2D eigenvalue weighted by atomic mass is 19.1. The molecule has 2 saturated heterocycles. The van der Waals surface area contributed by atoms with Gasteiger partial charge < -0.3 is 14.9 Å². The van der Waals surface area contributed by atoms with Crippen molar-refractivity contribution in [2.45, 2.75) is 25.3 Å². The summed E-state index contributed by atoms with van der Waals surface area (Å²) in [6, 6.07) is 5.61. The van der Waals surface area contributed by atoms with E-state index < -0.39 is 5.95 Å². The van der Waals surface area contributed by atoms with Gasteiger partial charge in [0.15, 0.2) is 5.69 Å². The number of pyridine rings is 1. The van der Waals surface area contributed by atoms with Gasteiger partial charge in [-0.05, 0) is 44.4 Å². The number of piperidine rings is 1. The molecule has 0 spiro atoms. The second-order valence-corrected chi connectivity index (χ2v) is 8.25. The molecule has 7 nitrogen and oxygen atoms in total. The number of fused-ring (bicyclic) bond motifs is 1. The Hall–Kier alpha value is -2.03. The van der Waals surface area contributed by atoms with E-state index in [9.17, 15) is 14.3 Å². The smallest absolute Gasteiger partial charge is 0.277 e. The van der Waals surface area contributed by atoms with Crippen molar-refractivity contribution in [1.29, 1.82) is 0 Å². The molecule has 2 fully saturated rings. The Morgan fingerprint density at radius 2 is 2.03 bits per heavy atom. The molecule has 0 saturated carbocycles. The molecule has 2 aliphatic rings. The first-order valence-corrected chi connectivity index (χ1v) is 10.5. The fraction of sp³-hybridized carbons (Fsp3) is 0.619. The Balaban J connectivity index is 1.50. The van der Waals surface area contributed by atoms with E-state index in [4.69, 9.17) is 0 Å². The van der Waals surface area contributed by atoms with Crippen molar-refractivity contribution in [3.63, 3.8) is 0 Å². The van der Waals surface area contributed by atoms with E-state index in [1.807, 2.05) is 0 Å². The monoisotopic (exact) mass is 403 g/mol. The highest BCUT2D eigenvalue weighted by Crippen LogP contribution is 2.28. The second kappa shape index (κ2) is 8.77. The molecular weight excluding hydrogens is 373 g/mol. The Bertz CT molecular complexity index is 849. The highest BCUT2D eigenvalue weighted by Gasteiger charge is 2.37. The van der Waals surface area contributed by atoms with E-state index in [-0.39, 0.29) is 24.1 Å². The summed E-state index contributed by atoms with van der Waals surface area (Å²) in [5, 5.41) is 9.34. The molecule has 158 valence electrons. The third kappa shape index (κ3) is 4.15. The van der Waals surface area contributed by atoms with Gasteiger partial charge in [-0.25, -0.2) is 4.98 Å². The minimum absolute atomic E-state index is 0.102. The first-order chi connectivity index (χ1) is 14.1. The van der Waals surface area contributed by atoms with Crippen molar-refractivity contribution in [1.82, 2.24) is 24.1 Å². The highest BCUT2D eigenvalue weighted by molar-refractivity contribution is 5.93. The average molecular weight is 404 g/mol. The quantitative estimate of drug-likeness (QED) is 0.816. The minimum Gasteiger partial charge on any atom is -0.396 e. The number of nitrogens with zero attached hydrogens (tertiary/aromatic N) is 5. The van der Waals surface area contributed by atoms with E-state index in [1.54, 1.807) is 29.3 Å². The van der Waals surface area contributed by atoms with Gasteiger partial charge in [-0.3, -0.25) is 14.1 Å². The van der Waals surface area contributed by atoms with Crippen molar-refractivity contribution < 1.29 is 14.3 Å². The summed E-state index contributed by atoms with van der Waals surface area (Å²) in [6.45, 7) is 5.52. The first kappa shape index (κ1) is 20.3. The molecule has 29 heavy (non-hydrogen) atoms. The van der Waals surface area contributed by atoms with Crippen LogP contribution in [0, 0.1) is 11.9 Å². The average Bonchev–Trinajstić information content (AvgIpc) is 3.09. The summed E-state index contributed by atoms with van der Waals surface area (Å²) in [5.74, 6) is -0.654. The number of amides is 1. The van der Waals surface area contributed by atoms with Crippen molar-refractivity contribution in [2.24, 2.45) is 5.92 Å². The van der Waals surface area contributed by atoms with Crippen LogP contribution in [0.3, 0.4) is 0 Å². The van der Waals surface area contributed by atoms with Gasteiger partial charge in [0.2, 0.25) is 5.95 Å². The van der Waals surface area contributed by atoms with Gasteiger partial charge in [0, 0.05) is 58.1 Å². The minimum atomic E-state index is -0.598. The summed E-state index contributed by atoms with van der Waals surface area (Å²) in [7, 11) is 2.14. The normalized spacial score (nSPS) is 24.3. The number of hydrogen-bond donors (Lipinski definition) is 1. The Kier molecular flexibility index (Phi) is 6.12. The maximum atomic E-state index is 14.7. The number of likely N-dealkylation sites (N-methyl/N-ethyl adjacent to an activating group) is 1. The molecule has 0 bridgehead atoms. The van der Waals surface area contributed by atoms with Crippen LogP contribution in [0.25, 0.3) is 5.65 Å². The van der Waals surface area contributed by atoms with Gasteiger partial charge in [0.1, 0.15) is 5.65 Å². The zero-order chi connectivity index (χ0) is 20.4. The van der Waals surface area contributed by atoms with Gasteiger partial charge in [0.05, 0.1) is 0 Å². The van der Waals surface area contributed by atoms with E-state index in [0.29, 0.717) is 24.8 Å². The van der Waals surface area contributed by atoms with Gasteiger partial charge >= 0.3 is 0 Å². The van der Waals surface area contributed by atoms with E-state index in [1.165, 1.54) is 4.40 Å². The SMILES string of the molecule is CN1CCN([C@H]2CCN(C(=O)c3nc4ccccn4c3F)C[C@H]2CCCO)CC1. The van der Waals surface area contributed by atoms with Crippen molar-refractivity contribution >= 4 is 11.6 Å². The lowest BCUT2D eigenvalue weighted by molar-refractivity contribution is 0.0213. The molecular formula is C21H30FN5O2. The van der Waals surface area contributed by atoms with Crippen molar-refractivity contribution in [3.8, 4) is 0 Å². The Morgan fingerprint density at radius 1 is 1.24 bits per heavy atom. The molecule has 0 radical (unpaired) electrons. The second-order valence-electron chi connectivity index (χ2n) is 8.25. The van der Waals surface area contributed by atoms with Crippen LogP contribution in [0.2, 0.25) is 0 Å². The van der Waals surface area contributed by atoms with Gasteiger partial charge in [0.25, 0.3) is 5.91 Å². The van der Waals surface area contributed by atoms with Gasteiger partial charge in [-0.2, -0.15) is 4.39 Å². The fourth-order valence-corrected chi connectivity index (χ4v) is 4.73. The Morgan fingerprint density at radius 3 is 2.76 bits per heavy atom. The maximum Gasteiger partial charge on any atom is 0.277 e. The maximum absolute atomic E-state index is 14.7. The number of piperazine rings is 1. The van der Waals surface area contributed by atoms with Crippen molar-refractivity contribution in [3.05, 3.63) is 36.0 Å². The van der Waals surface area contributed by atoms with Crippen LogP contribution in [0.15, 0.2) is 24.4 Å². The molecule has 4 rings (SSSR count). The zero-order valence-electron chi connectivity index (χ0n) is 17.0. The number of aromatic nitrogens is 2. The summed E-state index contributed by atoms with van der Waals surface area (Å²) in [6.07, 6.45) is 4.04. The molecule has 2 aromatic heterocycles. The number of carbonyl (C=O) groups excluding carboxylic acids is 1. The molecule has 0 aliphatic carbocycles. The van der Waals surface area contributed by atoms with Crippen LogP contribution >= 0.6 is 0 Å². The van der Waals surface area contributed by atoms with Crippen LogP contribution in [-0.2, 0) is 0 Å². The number of imidazole rings is 1. The number of rotatable bonds is 5. The zero-order valence-corrected chi connectivity index (χ0v) is 17.0. The van der Waals surface area contributed by atoms with E-state index in [2.05, 4.69) is 21.8 Å². The van der Waals surface area contributed by atoms with Gasteiger partial charge in [-0.15, -0.1) is 0 Å². The molecule has 8 heteroatoms. The van der Waals surface area contributed by atoms with Crippen LogP contribution in [0.5, 0.6) is 0 Å². The van der Waals surface area contributed by atoms with E-state index in [0.717, 1.165) is 45.4 Å². The Labute approximate surface area is 170 Å². The van der Waals surface area contributed by atoms with Crippen LogP contribution < -0.4 is 0 Å². The van der Waals surface area contributed by atoms with Crippen molar-refractivity contribution in [2.75, 3.05) is 52.9 Å². The number of likely N-dealkylation sites (tertiary alicyclic amines) is 1.